The second-order valence-electron chi connectivity index (χ2n) is 5.99. The van der Waals surface area contributed by atoms with Gasteiger partial charge in [0, 0.05) is 42.9 Å². The molecule has 1 fully saturated rings. The molecule has 1 aromatic carbocycles. The molecular formula is C17H17FN6OS. The van der Waals surface area contributed by atoms with Gasteiger partial charge in [0.1, 0.15) is 12.1 Å². The molecule has 0 amide bonds. The molecule has 0 aliphatic carbocycles. The zero-order chi connectivity index (χ0) is 17.9. The van der Waals surface area contributed by atoms with E-state index in [4.69, 9.17) is 0 Å². The van der Waals surface area contributed by atoms with E-state index in [1.165, 1.54) is 34.4 Å². The van der Waals surface area contributed by atoms with Crippen LogP contribution in [0.2, 0.25) is 0 Å². The third-order valence-electron chi connectivity index (χ3n) is 4.32. The zero-order valence-corrected chi connectivity index (χ0v) is 14.8. The molecule has 2 aromatic heterocycles. The van der Waals surface area contributed by atoms with Crippen molar-refractivity contribution in [3.05, 3.63) is 63.5 Å². The van der Waals surface area contributed by atoms with Gasteiger partial charge in [-0.1, -0.05) is 0 Å². The molecule has 0 unspecified atom stereocenters. The molecule has 3 aromatic rings. The average Bonchev–Trinajstić information content (AvgIpc) is 3.17. The molecule has 1 saturated heterocycles. The summed E-state index contributed by atoms with van der Waals surface area (Å²) in [7, 11) is 0. The molecule has 3 heterocycles. The maximum atomic E-state index is 13.0. The predicted molar refractivity (Wildman–Crippen MR) is 98.3 cm³/mol. The van der Waals surface area contributed by atoms with Crippen LogP contribution < -0.4 is 15.5 Å². The highest BCUT2D eigenvalue weighted by Gasteiger charge is 2.20. The van der Waals surface area contributed by atoms with Crippen molar-refractivity contribution in [1.29, 1.82) is 0 Å². The molecular weight excluding hydrogens is 355 g/mol. The lowest BCUT2D eigenvalue weighted by atomic mass is 10.2. The van der Waals surface area contributed by atoms with E-state index in [-0.39, 0.29) is 11.5 Å². The first-order valence-electron chi connectivity index (χ1n) is 8.25. The summed E-state index contributed by atoms with van der Waals surface area (Å²) in [5.41, 5.74) is 2.41. The summed E-state index contributed by atoms with van der Waals surface area (Å²) in [5, 5.41) is 0. The largest absolute Gasteiger partial charge is 0.368 e. The summed E-state index contributed by atoms with van der Waals surface area (Å²) in [6.45, 7) is 3.37. The molecule has 1 aliphatic rings. The number of thiazole rings is 1. The van der Waals surface area contributed by atoms with Crippen LogP contribution in [0.5, 0.6) is 0 Å². The van der Waals surface area contributed by atoms with Crippen molar-refractivity contribution in [2.75, 3.05) is 36.0 Å². The SMILES string of the molecule is O=c1nc(N2CCN(c3ccc(F)cc3)CC2)ncn1Cc1cncs1. The minimum absolute atomic E-state index is 0.236. The van der Waals surface area contributed by atoms with Crippen LogP contribution in [0.4, 0.5) is 16.0 Å². The van der Waals surface area contributed by atoms with Crippen molar-refractivity contribution in [3.8, 4) is 0 Å². The van der Waals surface area contributed by atoms with E-state index in [1.54, 1.807) is 23.8 Å². The molecule has 0 atom stereocenters. The van der Waals surface area contributed by atoms with Crippen LogP contribution in [0.3, 0.4) is 0 Å². The quantitative estimate of drug-likeness (QED) is 0.693. The van der Waals surface area contributed by atoms with Crippen LogP contribution in [0.1, 0.15) is 4.88 Å². The summed E-state index contributed by atoms with van der Waals surface area (Å²) < 4.78 is 14.5. The Balaban J connectivity index is 1.42. The summed E-state index contributed by atoms with van der Waals surface area (Å²) in [6.07, 6.45) is 3.27. The molecule has 0 radical (unpaired) electrons. The first kappa shape index (κ1) is 16.6. The number of hydrogen-bond donors (Lipinski definition) is 0. The molecule has 26 heavy (non-hydrogen) atoms. The number of piperazine rings is 1. The molecule has 0 N–H and O–H groups in total. The lowest BCUT2D eigenvalue weighted by Crippen LogP contribution is -2.47. The number of benzene rings is 1. The van der Waals surface area contributed by atoms with Crippen molar-refractivity contribution >= 4 is 23.0 Å². The van der Waals surface area contributed by atoms with Crippen molar-refractivity contribution in [1.82, 2.24) is 19.5 Å². The molecule has 134 valence electrons. The highest BCUT2D eigenvalue weighted by Crippen LogP contribution is 2.18. The molecule has 9 heteroatoms. The van der Waals surface area contributed by atoms with Gasteiger partial charge in [-0.05, 0) is 24.3 Å². The highest BCUT2D eigenvalue weighted by molar-refractivity contribution is 7.09. The molecule has 1 aliphatic heterocycles. The molecule has 0 saturated carbocycles. The van der Waals surface area contributed by atoms with Gasteiger partial charge in [0.25, 0.3) is 0 Å². The first-order valence-corrected chi connectivity index (χ1v) is 9.13. The fourth-order valence-electron chi connectivity index (χ4n) is 2.91. The fourth-order valence-corrected chi connectivity index (χ4v) is 3.51. The minimum Gasteiger partial charge on any atom is -0.368 e. The zero-order valence-electron chi connectivity index (χ0n) is 14.0. The van der Waals surface area contributed by atoms with Gasteiger partial charge in [0.15, 0.2) is 0 Å². The Morgan fingerprint density at radius 1 is 1.08 bits per heavy atom. The van der Waals surface area contributed by atoms with Crippen LogP contribution in [-0.4, -0.2) is 45.7 Å². The third kappa shape index (κ3) is 3.57. The van der Waals surface area contributed by atoms with Gasteiger partial charge in [-0.25, -0.2) is 14.2 Å². The Labute approximate surface area is 153 Å². The molecule has 7 nitrogen and oxygen atoms in total. The molecule has 4 rings (SSSR count). The van der Waals surface area contributed by atoms with Crippen molar-refractivity contribution in [2.24, 2.45) is 0 Å². The van der Waals surface area contributed by atoms with E-state index in [0.717, 1.165) is 23.7 Å². The van der Waals surface area contributed by atoms with Crippen LogP contribution in [0.25, 0.3) is 0 Å². The van der Waals surface area contributed by atoms with Gasteiger partial charge in [-0.2, -0.15) is 4.98 Å². The smallest absolute Gasteiger partial charge is 0.352 e. The van der Waals surface area contributed by atoms with E-state index in [0.29, 0.717) is 25.6 Å². The standard InChI is InChI=1S/C17H17FN6OS/c18-13-1-3-14(4-2-13)22-5-7-23(8-6-22)16-20-11-24(17(25)21-16)10-15-9-19-12-26-15/h1-4,9,11-12H,5-8,10H2. The van der Waals surface area contributed by atoms with E-state index in [2.05, 4.69) is 19.9 Å². The second-order valence-corrected chi connectivity index (χ2v) is 6.96. The van der Waals surface area contributed by atoms with Gasteiger partial charge >= 0.3 is 5.69 Å². The van der Waals surface area contributed by atoms with Gasteiger partial charge in [-0.3, -0.25) is 9.55 Å². The second kappa shape index (κ2) is 7.20. The predicted octanol–water partition coefficient (Wildman–Crippen LogP) is 1.61. The number of hydrogen-bond acceptors (Lipinski definition) is 7. The van der Waals surface area contributed by atoms with Gasteiger partial charge in [0.2, 0.25) is 5.95 Å². The topological polar surface area (TPSA) is 67.2 Å². The number of nitrogens with zero attached hydrogens (tertiary/aromatic N) is 6. The normalized spacial score (nSPS) is 14.7. The van der Waals surface area contributed by atoms with Crippen molar-refractivity contribution in [3.63, 3.8) is 0 Å². The van der Waals surface area contributed by atoms with E-state index < -0.39 is 0 Å². The van der Waals surface area contributed by atoms with Gasteiger partial charge in [-0.15, -0.1) is 11.3 Å². The van der Waals surface area contributed by atoms with Crippen molar-refractivity contribution in [2.45, 2.75) is 6.54 Å². The van der Waals surface area contributed by atoms with Crippen LogP contribution in [0, 0.1) is 5.82 Å². The maximum absolute atomic E-state index is 13.0. The lowest BCUT2D eigenvalue weighted by Gasteiger charge is -2.36. The van der Waals surface area contributed by atoms with Crippen molar-refractivity contribution < 1.29 is 4.39 Å². The Morgan fingerprint density at radius 3 is 2.46 bits per heavy atom. The Hall–Kier alpha value is -2.81. The van der Waals surface area contributed by atoms with E-state index >= 15 is 0 Å². The average molecular weight is 372 g/mol. The summed E-state index contributed by atoms with van der Waals surface area (Å²) in [4.78, 5) is 29.9. The van der Waals surface area contributed by atoms with Crippen LogP contribution >= 0.6 is 11.3 Å². The molecule has 0 spiro atoms. The minimum atomic E-state index is -0.315. The number of aromatic nitrogens is 4. The third-order valence-corrected chi connectivity index (χ3v) is 5.08. The maximum Gasteiger partial charge on any atom is 0.352 e. The monoisotopic (exact) mass is 372 g/mol. The number of halogens is 1. The lowest BCUT2D eigenvalue weighted by molar-refractivity contribution is 0.617. The Morgan fingerprint density at radius 2 is 1.81 bits per heavy atom. The summed E-state index contributed by atoms with van der Waals surface area (Å²) >= 11 is 1.49. The van der Waals surface area contributed by atoms with E-state index in [9.17, 15) is 9.18 Å². The first-order chi connectivity index (χ1) is 12.7. The molecule has 0 bridgehead atoms. The van der Waals surface area contributed by atoms with Crippen LogP contribution in [0.15, 0.2) is 47.1 Å². The Kier molecular flexibility index (Phi) is 4.61. The van der Waals surface area contributed by atoms with Crippen LogP contribution in [-0.2, 0) is 6.54 Å². The summed E-state index contributed by atoms with van der Waals surface area (Å²) in [5.74, 6) is 0.217. The number of anilines is 2. The van der Waals surface area contributed by atoms with Gasteiger partial charge in [0.05, 0.1) is 12.1 Å². The fraction of sp³-hybridized carbons (Fsp3) is 0.294. The van der Waals surface area contributed by atoms with E-state index in [1.807, 2.05) is 4.90 Å². The Bertz CT molecular complexity index is 919. The highest BCUT2D eigenvalue weighted by atomic mass is 32.1. The number of rotatable bonds is 4. The van der Waals surface area contributed by atoms with Gasteiger partial charge < -0.3 is 9.80 Å². The summed E-state index contributed by atoms with van der Waals surface area (Å²) in [6, 6.07) is 6.49.